The lowest BCUT2D eigenvalue weighted by atomic mass is 9.90. The quantitative estimate of drug-likeness (QED) is 0.0408. The Bertz CT molecular complexity index is 1010. The van der Waals surface area contributed by atoms with E-state index in [1.165, 1.54) is 0 Å². The van der Waals surface area contributed by atoms with Crippen molar-refractivity contribution in [3.63, 3.8) is 0 Å². The van der Waals surface area contributed by atoms with Gasteiger partial charge in [-0.25, -0.2) is 0 Å². The molecular formula is C40H70O10. The summed E-state index contributed by atoms with van der Waals surface area (Å²) in [5.41, 5.74) is 0.284. The Morgan fingerprint density at radius 1 is 0.980 bits per heavy atom. The molecule has 0 aromatic rings. The zero-order chi connectivity index (χ0) is 36.9. The van der Waals surface area contributed by atoms with E-state index in [1.54, 1.807) is 0 Å². The van der Waals surface area contributed by atoms with Crippen LogP contribution in [0.25, 0.3) is 0 Å². The van der Waals surface area contributed by atoms with Gasteiger partial charge in [0.1, 0.15) is 6.10 Å². The topological polar surface area (TPSA) is 114 Å². The van der Waals surface area contributed by atoms with Crippen molar-refractivity contribution < 1.29 is 47.8 Å². The first kappa shape index (κ1) is 44.5. The van der Waals surface area contributed by atoms with E-state index >= 15 is 0 Å². The summed E-state index contributed by atoms with van der Waals surface area (Å²) in [5.74, 6) is -0.180. The largest absolute Gasteiger partial charge is 0.457 e. The number of carbonyl (C=O) groups excluding carboxylic acids is 1. The van der Waals surface area contributed by atoms with Crippen molar-refractivity contribution in [2.45, 2.75) is 137 Å². The molecular weight excluding hydrogens is 640 g/mol. The van der Waals surface area contributed by atoms with Crippen LogP contribution in [-0.2, 0) is 42.7 Å². The number of epoxide rings is 1. The van der Waals surface area contributed by atoms with Crippen LogP contribution in [0.4, 0.5) is 0 Å². The van der Waals surface area contributed by atoms with Crippen LogP contribution in [0.3, 0.4) is 0 Å². The van der Waals surface area contributed by atoms with Gasteiger partial charge in [-0.15, -0.1) is 0 Å². The number of aliphatic hydroxyl groups is 1. The minimum Gasteiger partial charge on any atom is -0.457 e. The minimum atomic E-state index is -0.606. The SMILES string of the molecule is CCOCCOC1CCC(C)C(O)/C=C/C(C)C(/C(C)=C/C=C/C(C)(CC2OC2C(C)C(CC)OCCOCC)OCCOCC)OC(=O)C1. The fourth-order valence-electron chi connectivity index (χ4n) is 6.44. The summed E-state index contributed by atoms with van der Waals surface area (Å²) >= 11 is 0. The first-order valence-electron chi connectivity index (χ1n) is 19.2. The molecule has 2 aliphatic rings. The van der Waals surface area contributed by atoms with Crippen LogP contribution in [0.15, 0.2) is 36.0 Å². The first-order valence-corrected chi connectivity index (χ1v) is 19.2. The number of ether oxygens (including phenoxy) is 8. The molecule has 0 spiro atoms. The van der Waals surface area contributed by atoms with E-state index in [1.807, 2.05) is 65.8 Å². The van der Waals surface area contributed by atoms with Crippen LogP contribution in [0.2, 0.25) is 0 Å². The summed E-state index contributed by atoms with van der Waals surface area (Å²) in [5, 5.41) is 10.8. The van der Waals surface area contributed by atoms with E-state index in [4.69, 9.17) is 37.9 Å². The molecule has 0 aromatic heterocycles. The molecule has 0 amide bonds. The van der Waals surface area contributed by atoms with Crippen LogP contribution in [-0.4, -0.2) is 113 Å². The third-order valence-electron chi connectivity index (χ3n) is 9.67. The molecule has 0 aromatic carbocycles. The van der Waals surface area contributed by atoms with Gasteiger partial charge < -0.3 is 43.0 Å². The van der Waals surface area contributed by atoms with E-state index < -0.39 is 17.8 Å². The van der Waals surface area contributed by atoms with Gasteiger partial charge >= 0.3 is 5.97 Å². The van der Waals surface area contributed by atoms with Crippen molar-refractivity contribution in [3.8, 4) is 0 Å². The third kappa shape index (κ3) is 16.8. The molecule has 10 nitrogen and oxygen atoms in total. The minimum absolute atomic E-state index is 0.0316. The molecule has 0 radical (unpaired) electrons. The van der Waals surface area contributed by atoms with Crippen LogP contribution in [0, 0.1) is 17.8 Å². The highest BCUT2D eigenvalue weighted by atomic mass is 16.6. The molecule has 1 saturated heterocycles. The lowest BCUT2D eigenvalue weighted by molar-refractivity contribution is -0.152. The third-order valence-corrected chi connectivity index (χ3v) is 9.67. The van der Waals surface area contributed by atoms with Crippen molar-refractivity contribution in [2.24, 2.45) is 17.8 Å². The number of hydrogen-bond donors (Lipinski definition) is 1. The van der Waals surface area contributed by atoms with Gasteiger partial charge in [0, 0.05) is 38.1 Å². The first-order chi connectivity index (χ1) is 24.0. The molecule has 10 atom stereocenters. The fraction of sp³-hybridized carbons (Fsp3) is 0.825. The molecule has 1 fully saturated rings. The van der Waals surface area contributed by atoms with Crippen molar-refractivity contribution in [2.75, 3.05) is 59.5 Å². The summed E-state index contributed by atoms with van der Waals surface area (Å²) < 4.78 is 47.3. The molecule has 0 bridgehead atoms. The Balaban J connectivity index is 2.19. The highest BCUT2D eigenvalue weighted by Gasteiger charge is 2.48. The number of esters is 1. The van der Waals surface area contributed by atoms with Gasteiger partial charge in [0.15, 0.2) is 0 Å². The maximum absolute atomic E-state index is 13.3. The van der Waals surface area contributed by atoms with Gasteiger partial charge in [0.05, 0.1) is 82.2 Å². The Kier molecular flexibility index (Phi) is 21.9. The molecule has 10 heteroatoms. The van der Waals surface area contributed by atoms with E-state index in [0.717, 1.165) is 18.4 Å². The van der Waals surface area contributed by atoms with E-state index in [-0.39, 0.29) is 54.6 Å². The highest BCUT2D eigenvalue weighted by Crippen LogP contribution is 2.39. The van der Waals surface area contributed by atoms with Crippen LogP contribution >= 0.6 is 0 Å². The Labute approximate surface area is 303 Å². The normalized spacial score (nSPS) is 29.8. The number of allylic oxidation sites excluding steroid dienone is 2. The monoisotopic (exact) mass is 710 g/mol. The average Bonchev–Trinajstić information content (AvgIpc) is 3.86. The number of carbonyl (C=O) groups is 1. The molecule has 10 unspecified atom stereocenters. The van der Waals surface area contributed by atoms with Gasteiger partial charge in [-0.1, -0.05) is 58.1 Å². The van der Waals surface area contributed by atoms with E-state index in [2.05, 4.69) is 26.8 Å². The van der Waals surface area contributed by atoms with Gasteiger partial charge in [-0.2, -0.15) is 0 Å². The van der Waals surface area contributed by atoms with Crippen molar-refractivity contribution in [3.05, 3.63) is 36.0 Å². The number of hydrogen-bond acceptors (Lipinski definition) is 10. The Morgan fingerprint density at radius 2 is 1.64 bits per heavy atom. The van der Waals surface area contributed by atoms with Crippen LogP contribution in [0.5, 0.6) is 0 Å². The lowest BCUT2D eigenvalue weighted by Crippen LogP contribution is -2.32. The maximum Gasteiger partial charge on any atom is 0.309 e. The molecule has 2 aliphatic heterocycles. The van der Waals surface area contributed by atoms with Gasteiger partial charge in [-0.3, -0.25) is 4.79 Å². The average molecular weight is 711 g/mol. The van der Waals surface area contributed by atoms with Crippen LogP contribution in [0.1, 0.15) is 94.4 Å². The predicted octanol–water partition coefficient (Wildman–Crippen LogP) is 6.63. The van der Waals surface area contributed by atoms with Crippen molar-refractivity contribution in [1.29, 1.82) is 0 Å². The summed E-state index contributed by atoms with van der Waals surface area (Å²) in [6, 6.07) is 0. The molecule has 2 heterocycles. The number of rotatable bonds is 23. The Hall–Kier alpha value is -1.63. The zero-order valence-corrected chi connectivity index (χ0v) is 32.6. The lowest BCUT2D eigenvalue weighted by Gasteiger charge is -2.28. The van der Waals surface area contributed by atoms with E-state index in [0.29, 0.717) is 72.3 Å². The second kappa shape index (κ2) is 24.6. The Morgan fingerprint density at radius 3 is 2.30 bits per heavy atom. The highest BCUT2D eigenvalue weighted by molar-refractivity contribution is 5.70. The number of cyclic esters (lactones) is 1. The molecule has 0 saturated carbocycles. The van der Waals surface area contributed by atoms with E-state index in [9.17, 15) is 9.90 Å². The standard InChI is InChI=1S/C40H70O10/c1-10-35(47-25-22-44-12-3)32(8)39-36(49-39)28-40(9,48-26-23-45-13-4)20-14-15-30(6)38-31(7)17-19-34(41)29(5)16-18-33(27-37(42)50-38)46-24-21-43-11-2/h14-15,17,19-20,29,31-36,38-39,41H,10-13,16,18,21-28H2,1-9H3/b19-17+,20-14+,30-15+. The van der Waals surface area contributed by atoms with Crippen molar-refractivity contribution in [1.82, 2.24) is 0 Å². The molecule has 1 N–H and O–H groups in total. The fourth-order valence-corrected chi connectivity index (χ4v) is 6.44. The molecule has 290 valence electrons. The second-order valence-electron chi connectivity index (χ2n) is 13.9. The summed E-state index contributed by atoms with van der Waals surface area (Å²) in [6.07, 6.45) is 11.8. The van der Waals surface area contributed by atoms with Gasteiger partial charge in [0.25, 0.3) is 0 Å². The number of aliphatic hydroxyl groups excluding tert-OH is 1. The second-order valence-corrected chi connectivity index (χ2v) is 13.9. The predicted molar refractivity (Wildman–Crippen MR) is 196 cm³/mol. The van der Waals surface area contributed by atoms with Crippen molar-refractivity contribution >= 4 is 5.97 Å². The summed E-state index contributed by atoms with van der Waals surface area (Å²) in [7, 11) is 0. The summed E-state index contributed by atoms with van der Waals surface area (Å²) in [4.78, 5) is 13.3. The summed E-state index contributed by atoms with van der Waals surface area (Å²) in [6.45, 7) is 23.3. The smallest absolute Gasteiger partial charge is 0.309 e. The zero-order valence-electron chi connectivity index (χ0n) is 32.6. The molecule has 2 rings (SSSR count). The van der Waals surface area contributed by atoms with Crippen LogP contribution < -0.4 is 0 Å². The maximum atomic E-state index is 13.3. The van der Waals surface area contributed by atoms with Gasteiger partial charge in [-0.05, 0) is 65.4 Å². The van der Waals surface area contributed by atoms with Gasteiger partial charge in [0.2, 0.25) is 0 Å². The molecule has 50 heavy (non-hydrogen) atoms. The molecule has 0 aliphatic carbocycles.